The van der Waals surface area contributed by atoms with Gasteiger partial charge >= 0.3 is 5.97 Å². The largest absolute Gasteiger partial charge is 0.469 e. The third-order valence-corrected chi connectivity index (χ3v) is 4.67. The van der Waals surface area contributed by atoms with E-state index < -0.39 is 5.97 Å². The fraction of sp³-hybridized carbons (Fsp3) is 0.444. The first-order chi connectivity index (χ1) is 12.5. The minimum atomic E-state index is -0.406. The van der Waals surface area contributed by atoms with Crippen LogP contribution in [0.2, 0.25) is 0 Å². The minimum absolute atomic E-state index is 0.0658. The lowest BCUT2D eigenvalue weighted by Gasteiger charge is -2.35. The number of rotatable bonds is 4. The van der Waals surface area contributed by atoms with Gasteiger partial charge in [-0.3, -0.25) is 19.2 Å². The Morgan fingerprint density at radius 3 is 2.46 bits per heavy atom. The van der Waals surface area contributed by atoms with E-state index in [0.717, 1.165) is 11.3 Å². The zero-order chi connectivity index (χ0) is 18.7. The number of carbonyl (C=O) groups excluding carboxylic acids is 4. The summed E-state index contributed by atoms with van der Waals surface area (Å²) in [5.74, 6) is -0.682. The number of piperazine rings is 1. The Balaban J connectivity index is 1.54. The number of benzene rings is 1. The molecule has 0 aromatic heterocycles. The Kier molecular flexibility index (Phi) is 5.20. The number of amides is 3. The molecule has 1 fully saturated rings. The molecule has 0 bridgehead atoms. The maximum atomic E-state index is 12.7. The van der Waals surface area contributed by atoms with Gasteiger partial charge in [0.25, 0.3) is 5.91 Å². The highest BCUT2D eigenvalue weighted by molar-refractivity contribution is 6.01. The fourth-order valence-electron chi connectivity index (χ4n) is 3.17. The van der Waals surface area contributed by atoms with Crippen LogP contribution in [0.4, 0.5) is 5.69 Å². The molecule has 2 heterocycles. The Labute approximate surface area is 151 Å². The Hall–Kier alpha value is -2.90. The summed E-state index contributed by atoms with van der Waals surface area (Å²) in [7, 11) is 1.29. The Bertz CT molecular complexity index is 753. The van der Waals surface area contributed by atoms with Crippen LogP contribution in [0.1, 0.15) is 28.8 Å². The van der Waals surface area contributed by atoms with Crippen LogP contribution in [0, 0.1) is 0 Å². The molecule has 8 heteroatoms. The van der Waals surface area contributed by atoms with Crippen LogP contribution >= 0.6 is 0 Å². The van der Waals surface area contributed by atoms with E-state index in [1.54, 1.807) is 28.0 Å². The lowest BCUT2D eigenvalue weighted by Crippen LogP contribution is -2.50. The van der Waals surface area contributed by atoms with Crippen LogP contribution in [-0.2, 0) is 25.5 Å². The third kappa shape index (κ3) is 3.84. The molecule has 8 nitrogen and oxygen atoms in total. The molecule has 2 aliphatic rings. The van der Waals surface area contributed by atoms with Crippen LogP contribution in [0.25, 0.3) is 0 Å². The molecule has 1 saturated heterocycles. The molecular weight excluding hydrogens is 338 g/mol. The van der Waals surface area contributed by atoms with Crippen molar-refractivity contribution in [2.24, 2.45) is 0 Å². The van der Waals surface area contributed by atoms with Crippen molar-refractivity contribution in [2.75, 3.05) is 38.6 Å². The van der Waals surface area contributed by atoms with E-state index in [1.807, 2.05) is 0 Å². The highest BCUT2D eigenvalue weighted by Gasteiger charge is 2.26. The minimum Gasteiger partial charge on any atom is -0.469 e. The van der Waals surface area contributed by atoms with Gasteiger partial charge in [0.15, 0.2) is 0 Å². The summed E-state index contributed by atoms with van der Waals surface area (Å²) in [6.45, 7) is 1.77. The summed E-state index contributed by atoms with van der Waals surface area (Å²) in [5.41, 5.74) is 2.13. The number of fused-ring (bicyclic) bond motifs is 1. The van der Waals surface area contributed by atoms with Gasteiger partial charge in [-0.1, -0.05) is 0 Å². The van der Waals surface area contributed by atoms with Gasteiger partial charge in [-0.25, -0.2) is 0 Å². The van der Waals surface area contributed by atoms with Crippen molar-refractivity contribution >= 4 is 29.4 Å². The maximum absolute atomic E-state index is 12.7. The van der Waals surface area contributed by atoms with Gasteiger partial charge in [0.2, 0.25) is 11.8 Å². The fourth-order valence-corrected chi connectivity index (χ4v) is 3.17. The van der Waals surface area contributed by atoms with Crippen LogP contribution in [0.3, 0.4) is 0 Å². The highest BCUT2D eigenvalue weighted by Crippen LogP contribution is 2.24. The predicted molar refractivity (Wildman–Crippen MR) is 92.5 cm³/mol. The number of hydrogen-bond donors (Lipinski definition) is 1. The second kappa shape index (κ2) is 7.55. The molecule has 1 aromatic rings. The molecule has 3 rings (SSSR count). The Morgan fingerprint density at radius 2 is 1.77 bits per heavy atom. The zero-order valence-corrected chi connectivity index (χ0v) is 14.6. The van der Waals surface area contributed by atoms with Crippen molar-refractivity contribution in [3.63, 3.8) is 0 Å². The smallest absolute Gasteiger partial charge is 0.306 e. The van der Waals surface area contributed by atoms with Gasteiger partial charge < -0.3 is 19.9 Å². The van der Waals surface area contributed by atoms with E-state index in [4.69, 9.17) is 0 Å². The van der Waals surface area contributed by atoms with Gasteiger partial charge in [-0.2, -0.15) is 0 Å². The molecule has 1 aromatic carbocycles. The first-order valence-corrected chi connectivity index (χ1v) is 8.54. The molecule has 138 valence electrons. The summed E-state index contributed by atoms with van der Waals surface area (Å²) in [6.07, 6.45) is 0.474. The summed E-state index contributed by atoms with van der Waals surface area (Å²) < 4.78 is 4.54. The molecule has 26 heavy (non-hydrogen) atoms. The van der Waals surface area contributed by atoms with Gasteiger partial charge in [0.05, 0.1) is 20.0 Å². The van der Waals surface area contributed by atoms with E-state index in [-0.39, 0.29) is 30.6 Å². The van der Waals surface area contributed by atoms with Gasteiger partial charge in [0, 0.05) is 43.9 Å². The number of ether oxygens (including phenoxy) is 1. The summed E-state index contributed by atoms with van der Waals surface area (Å²) in [4.78, 5) is 50.7. The number of anilines is 1. The van der Waals surface area contributed by atoms with E-state index in [9.17, 15) is 19.2 Å². The third-order valence-electron chi connectivity index (χ3n) is 4.67. The van der Waals surface area contributed by atoms with Crippen LogP contribution in [0.15, 0.2) is 18.2 Å². The van der Waals surface area contributed by atoms with Crippen LogP contribution in [0.5, 0.6) is 0 Å². The molecule has 0 atom stereocenters. The molecule has 3 amide bonds. The number of hydrogen-bond acceptors (Lipinski definition) is 5. The molecule has 0 spiro atoms. The molecule has 1 N–H and O–H groups in total. The number of esters is 1. The maximum Gasteiger partial charge on any atom is 0.306 e. The Morgan fingerprint density at radius 1 is 1.08 bits per heavy atom. The van der Waals surface area contributed by atoms with Gasteiger partial charge in [-0.15, -0.1) is 0 Å². The summed E-state index contributed by atoms with van der Waals surface area (Å²) in [5, 5.41) is 2.74. The molecule has 2 aliphatic heterocycles. The second-order valence-corrected chi connectivity index (χ2v) is 6.35. The lowest BCUT2D eigenvalue weighted by molar-refractivity contribution is -0.144. The van der Waals surface area contributed by atoms with Crippen molar-refractivity contribution in [3.05, 3.63) is 29.3 Å². The van der Waals surface area contributed by atoms with Gasteiger partial charge in [0.1, 0.15) is 0 Å². The molecule has 0 aliphatic carbocycles. The zero-order valence-electron chi connectivity index (χ0n) is 14.6. The standard InChI is InChI=1S/C18H21N3O5/c1-26-17(24)5-4-16(23)20-6-8-21(9-7-20)18(25)12-2-3-14-13(10-12)11-15(22)19-14/h2-3,10H,4-9,11H2,1H3,(H,19,22). The topological polar surface area (TPSA) is 96.0 Å². The average molecular weight is 359 g/mol. The quantitative estimate of drug-likeness (QED) is 0.786. The van der Waals surface area contributed by atoms with Crippen molar-refractivity contribution in [3.8, 4) is 0 Å². The molecule has 0 unspecified atom stereocenters. The van der Waals surface area contributed by atoms with Gasteiger partial charge in [-0.05, 0) is 23.8 Å². The van der Waals surface area contributed by atoms with E-state index in [1.165, 1.54) is 7.11 Å². The molecule has 0 radical (unpaired) electrons. The number of nitrogens with one attached hydrogen (secondary N) is 1. The highest BCUT2D eigenvalue weighted by atomic mass is 16.5. The number of methoxy groups -OCH3 is 1. The molecular formula is C18H21N3O5. The number of nitrogens with zero attached hydrogens (tertiary/aromatic N) is 2. The van der Waals surface area contributed by atoms with E-state index >= 15 is 0 Å². The summed E-state index contributed by atoms with van der Waals surface area (Å²) >= 11 is 0. The summed E-state index contributed by atoms with van der Waals surface area (Å²) in [6, 6.07) is 5.21. The van der Waals surface area contributed by atoms with Crippen molar-refractivity contribution in [1.29, 1.82) is 0 Å². The van der Waals surface area contributed by atoms with E-state index in [2.05, 4.69) is 10.1 Å². The van der Waals surface area contributed by atoms with Crippen molar-refractivity contribution in [1.82, 2.24) is 9.80 Å². The SMILES string of the molecule is COC(=O)CCC(=O)N1CCN(C(=O)c2ccc3c(c2)CC(=O)N3)CC1. The van der Waals surface area contributed by atoms with E-state index in [0.29, 0.717) is 38.2 Å². The monoisotopic (exact) mass is 359 g/mol. The second-order valence-electron chi connectivity index (χ2n) is 6.35. The van der Waals surface area contributed by atoms with Crippen molar-refractivity contribution < 1.29 is 23.9 Å². The first-order valence-electron chi connectivity index (χ1n) is 8.54. The lowest BCUT2D eigenvalue weighted by atomic mass is 10.1. The van der Waals surface area contributed by atoms with Crippen LogP contribution < -0.4 is 5.32 Å². The van der Waals surface area contributed by atoms with Crippen molar-refractivity contribution in [2.45, 2.75) is 19.3 Å². The molecule has 0 saturated carbocycles. The predicted octanol–water partition coefficient (Wildman–Crippen LogP) is 0.419. The average Bonchev–Trinajstić information content (AvgIpc) is 3.04. The number of carbonyl (C=O) groups is 4. The first kappa shape index (κ1) is 17.9. The van der Waals surface area contributed by atoms with Crippen LogP contribution in [-0.4, -0.2) is 66.8 Å². The normalized spacial score (nSPS) is 16.1.